The summed E-state index contributed by atoms with van der Waals surface area (Å²) in [6.07, 6.45) is 15.6. The summed E-state index contributed by atoms with van der Waals surface area (Å²) in [5.41, 5.74) is 4.24. The van der Waals surface area contributed by atoms with E-state index in [4.69, 9.17) is 4.74 Å². The summed E-state index contributed by atoms with van der Waals surface area (Å²) in [6.45, 7) is 15.5. The number of aromatic hydroxyl groups is 1. The lowest BCUT2D eigenvalue weighted by Gasteiger charge is -2.38. The molecule has 2 nitrogen and oxygen atoms in total. The maximum atomic E-state index is 10.4. The summed E-state index contributed by atoms with van der Waals surface area (Å²) in [7, 11) is 0. The molecule has 0 amide bonds. The standard InChI is InChI=1S/C28H48O2/c1-20(2)14-11-9-8-10-12-15-21(3)16-13-18-28(7)19-17-25-24(6)26(29)22(4)23(5)27(25)30-28/h20-21,29H,8-19H2,1-7H3. The van der Waals surface area contributed by atoms with E-state index in [1.165, 1.54) is 63.4 Å². The zero-order valence-electron chi connectivity index (χ0n) is 21.0. The molecule has 1 heterocycles. The van der Waals surface area contributed by atoms with Gasteiger partial charge in [-0.3, -0.25) is 0 Å². The van der Waals surface area contributed by atoms with E-state index in [2.05, 4.69) is 34.6 Å². The van der Waals surface area contributed by atoms with Gasteiger partial charge in [0.05, 0.1) is 0 Å². The third-order valence-electron chi connectivity index (χ3n) is 7.47. The van der Waals surface area contributed by atoms with Gasteiger partial charge in [0.25, 0.3) is 0 Å². The highest BCUT2D eigenvalue weighted by atomic mass is 16.5. The second-order valence-electron chi connectivity index (χ2n) is 10.8. The molecule has 0 fully saturated rings. The van der Waals surface area contributed by atoms with Gasteiger partial charge >= 0.3 is 0 Å². The first-order chi connectivity index (χ1) is 14.1. The first-order valence-corrected chi connectivity index (χ1v) is 12.6. The predicted octanol–water partition coefficient (Wildman–Crippen LogP) is 8.59. The smallest absolute Gasteiger partial charge is 0.127 e. The fraction of sp³-hybridized carbons (Fsp3) is 0.786. The fourth-order valence-corrected chi connectivity index (χ4v) is 5.02. The van der Waals surface area contributed by atoms with E-state index in [0.717, 1.165) is 53.5 Å². The van der Waals surface area contributed by atoms with Crippen LogP contribution in [0.25, 0.3) is 0 Å². The van der Waals surface area contributed by atoms with E-state index in [-0.39, 0.29) is 5.60 Å². The van der Waals surface area contributed by atoms with Crippen LogP contribution in [0.4, 0.5) is 0 Å². The maximum absolute atomic E-state index is 10.4. The Balaban J connectivity index is 1.72. The van der Waals surface area contributed by atoms with Gasteiger partial charge in [0.2, 0.25) is 0 Å². The maximum Gasteiger partial charge on any atom is 0.127 e. The molecule has 0 saturated carbocycles. The van der Waals surface area contributed by atoms with Crippen molar-refractivity contribution in [2.45, 2.75) is 131 Å². The molecule has 2 atom stereocenters. The third-order valence-corrected chi connectivity index (χ3v) is 7.47. The van der Waals surface area contributed by atoms with Gasteiger partial charge in [0.15, 0.2) is 0 Å². The highest BCUT2D eigenvalue weighted by Crippen LogP contribution is 2.44. The van der Waals surface area contributed by atoms with Crippen LogP contribution in [0.15, 0.2) is 0 Å². The molecule has 0 aliphatic carbocycles. The van der Waals surface area contributed by atoms with Crippen LogP contribution in [-0.4, -0.2) is 10.7 Å². The van der Waals surface area contributed by atoms with Crippen LogP contribution in [0.2, 0.25) is 0 Å². The van der Waals surface area contributed by atoms with Gasteiger partial charge in [-0.1, -0.05) is 72.1 Å². The van der Waals surface area contributed by atoms with Crippen LogP contribution in [0.1, 0.15) is 121 Å². The molecule has 0 aromatic heterocycles. The molecule has 2 heteroatoms. The van der Waals surface area contributed by atoms with Crippen molar-refractivity contribution in [2.75, 3.05) is 0 Å². The SMILES string of the molecule is Cc1c(C)c2c(c(C)c1O)CCC(C)(CCCC(C)CCCCCCCC(C)C)O2. The molecule has 2 unspecified atom stereocenters. The van der Waals surface area contributed by atoms with Crippen LogP contribution < -0.4 is 4.74 Å². The lowest BCUT2D eigenvalue weighted by Crippen LogP contribution is -2.37. The minimum Gasteiger partial charge on any atom is -0.507 e. The molecule has 1 aromatic carbocycles. The molecular weight excluding hydrogens is 368 g/mol. The zero-order valence-corrected chi connectivity index (χ0v) is 21.0. The molecule has 1 aliphatic heterocycles. The summed E-state index contributed by atoms with van der Waals surface area (Å²) >= 11 is 0. The van der Waals surface area contributed by atoms with Gasteiger partial charge in [-0.25, -0.2) is 0 Å². The summed E-state index contributed by atoms with van der Waals surface area (Å²) in [5.74, 6) is 3.18. The average molecular weight is 417 g/mol. The number of rotatable bonds is 12. The monoisotopic (exact) mass is 416 g/mol. The molecule has 30 heavy (non-hydrogen) atoms. The van der Waals surface area contributed by atoms with E-state index in [1.807, 2.05) is 13.8 Å². The van der Waals surface area contributed by atoms with Crippen molar-refractivity contribution < 1.29 is 9.84 Å². The molecule has 0 bridgehead atoms. The number of fused-ring (bicyclic) bond motifs is 1. The molecule has 0 radical (unpaired) electrons. The van der Waals surface area contributed by atoms with E-state index in [0.29, 0.717) is 5.75 Å². The van der Waals surface area contributed by atoms with E-state index >= 15 is 0 Å². The van der Waals surface area contributed by atoms with Gasteiger partial charge < -0.3 is 9.84 Å². The van der Waals surface area contributed by atoms with Crippen LogP contribution >= 0.6 is 0 Å². The fourth-order valence-electron chi connectivity index (χ4n) is 5.02. The summed E-state index contributed by atoms with van der Waals surface area (Å²) < 4.78 is 6.59. The van der Waals surface area contributed by atoms with Gasteiger partial charge in [0, 0.05) is 5.56 Å². The van der Waals surface area contributed by atoms with Gasteiger partial charge in [-0.2, -0.15) is 0 Å². The summed E-state index contributed by atoms with van der Waals surface area (Å²) in [5, 5.41) is 10.4. The Hall–Kier alpha value is -1.18. The van der Waals surface area contributed by atoms with Crippen molar-refractivity contribution in [3.8, 4) is 11.5 Å². The average Bonchev–Trinajstić information content (AvgIpc) is 2.69. The van der Waals surface area contributed by atoms with Crippen molar-refractivity contribution in [1.29, 1.82) is 0 Å². The first-order valence-electron chi connectivity index (χ1n) is 12.6. The molecular formula is C28H48O2. The minimum atomic E-state index is -0.0657. The minimum absolute atomic E-state index is 0.0657. The lowest BCUT2D eigenvalue weighted by molar-refractivity contribution is 0.0512. The Morgan fingerprint density at radius 1 is 0.833 bits per heavy atom. The number of phenols is 1. The second-order valence-corrected chi connectivity index (χ2v) is 10.8. The number of hydrogen-bond acceptors (Lipinski definition) is 2. The molecule has 1 aromatic rings. The normalized spacial score (nSPS) is 19.6. The molecule has 1 aliphatic rings. The van der Waals surface area contributed by atoms with E-state index in [1.54, 1.807) is 0 Å². The number of phenolic OH excluding ortho intramolecular Hbond substituents is 1. The Labute approximate surface area is 186 Å². The largest absolute Gasteiger partial charge is 0.507 e. The van der Waals surface area contributed by atoms with Crippen molar-refractivity contribution in [3.63, 3.8) is 0 Å². The number of ether oxygens (including phenoxy) is 1. The topological polar surface area (TPSA) is 29.5 Å². The Morgan fingerprint density at radius 2 is 1.43 bits per heavy atom. The van der Waals surface area contributed by atoms with Crippen LogP contribution in [-0.2, 0) is 6.42 Å². The van der Waals surface area contributed by atoms with Crippen LogP contribution in [0, 0.1) is 32.6 Å². The Bertz CT molecular complexity index is 676. The van der Waals surface area contributed by atoms with Gasteiger partial charge in [-0.15, -0.1) is 0 Å². The van der Waals surface area contributed by atoms with Crippen molar-refractivity contribution in [3.05, 3.63) is 22.3 Å². The third kappa shape index (κ3) is 6.92. The van der Waals surface area contributed by atoms with Crippen LogP contribution in [0.3, 0.4) is 0 Å². The molecule has 1 N–H and O–H groups in total. The number of benzene rings is 1. The Morgan fingerprint density at radius 3 is 2.10 bits per heavy atom. The van der Waals surface area contributed by atoms with Gasteiger partial charge in [-0.05, 0) is 81.9 Å². The van der Waals surface area contributed by atoms with Crippen molar-refractivity contribution in [2.24, 2.45) is 11.8 Å². The first kappa shape index (κ1) is 25.1. The highest BCUT2D eigenvalue weighted by molar-refractivity contribution is 5.58. The Kier molecular flexibility index (Phi) is 9.57. The summed E-state index contributed by atoms with van der Waals surface area (Å²) in [6, 6.07) is 0. The zero-order chi connectivity index (χ0) is 22.3. The highest BCUT2D eigenvalue weighted by Gasteiger charge is 2.34. The number of unbranched alkanes of at least 4 members (excludes halogenated alkanes) is 4. The quantitative estimate of drug-likeness (QED) is 0.346. The van der Waals surface area contributed by atoms with Crippen LogP contribution in [0.5, 0.6) is 11.5 Å². The van der Waals surface area contributed by atoms with Gasteiger partial charge in [0.1, 0.15) is 17.1 Å². The van der Waals surface area contributed by atoms with Crippen molar-refractivity contribution >= 4 is 0 Å². The summed E-state index contributed by atoms with van der Waals surface area (Å²) in [4.78, 5) is 0. The van der Waals surface area contributed by atoms with E-state index in [9.17, 15) is 5.11 Å². The molecule has 2 rings (SSSR count). The molecule has 172 valence electrons. The molecule has 0 saturated heterocycles. The lowest BCUT2D eigenvalue weighted by atomic mass is 9.84. The molecule has 0 spiro atoms. The second kappa shape index (κ2) is 11.4. The predicted molar refractivity (Wildman–Crippen MR) is 130 cm³/mol. The number of hydrogen-bond donors (Lipinski definition) is 1. The van der Waals surface area contributed by atoms with E-state index < -0.39 is 0 Å². The van der Waals surface area contributed by atoms with Crippen molar-refractivity contribution in [1.82, 2.24) is 0 Å².